The number of benzene rings is 2. The monoisotopic (exact) mass is 274 g/mol. The van der Waals surface area contributed by atoms with Gasteiger partial charge >= 0.3 is 0 Å². The molecule has 0 aliphatic heterocycles. The summed E-state index contributed by atoms with van der Waals surface area (Å²) in [6.07, 6.45) is 0. The Morgan fingerprint density at radius 3 is 2.32 bits per heavy atom. The molecule has 98 valence electrons. The molecule has 0 aromatic heterocycles. The van der Waals surface area contributed by atoms with Crippen molar-refractivity contribution in [1.29, 1.82) is 0 Å². The van der Waals surface area contributed by atoms with E-state index in [1.54, 1.807) is 19.2 Å². The summed E-state index contributed by atoms with van der Waals surface area (Å²) in [5, 5.41) is 9.17. The lowest BCUT2D eigenvalue weighted by Crippen LogP contribution is -2.01. The molecule has 0 radical (unpaired) electrons. The highest BCUT2D eigenvalue weighted by Crippen LogP contribution is 2.22. The smallest absolute Gasteiger partial charge is 0.173 e. The number of carbonyl (C=O) groups excluding carboxylic acids is 1. The summed E-state index contributed by atoms with van der Waals surface area (Å²) in [6, 6.07) is 13.9. The number of phenolic OH excluding ortho intramolecular Hbond substituents is 1. The Labute approximate surface area is 116 Å². The average Bonchev–Trinajstić information content (AvgIpc) is 2.46. The zero-order valence-electron chi connectivity index (χ0n) is 10.5. The fourth-order valence-corrected chi connectivity index (χ4v) is 2.34. The molecular formula is C15H14O3S. The van der Waals surface area contributed by atoms with Crippen LogP contribution in [0.4, 0.5) is 0 Å². The van der Waals surface area contributed by atoms with E-state index in [-0.39, 0.29) is 11.5 Å². The number of aromatic hydroxyl groups is 1. The van der Waals surface area contributed by atoms with E-state index in [0.29, 0.717) is 11.3 Å². The number of Topliss-reactive ketones (excluding diaryl/α,β-unsaturated/α-hetero) is 1. The summed E-state index contributed by atoms with van der Waals surface area (Å²) in [4.78, 5) is 12.9. The highest BCUT2D eigenvalue weighted by Gasteiger charge is 2.06. The zero-order chi connectivity index (χ0) is 13.7. The first-order valence-electron chi connectivity index (χ1n) is 5.78. The minimum atomic E-state index is 0.0424. The minimum absolute atomic E-state index is 0.0424. The van der Waals surface area contributed by atoms with Crippen molar-refractivity contribution < 1.29 is 14.6 Å². The second-order valence-electron chi connectivity index (χ2n) is 3.93. The molecule has 0 aliphatic carbocycles. The normalized spacial score (nSPS) is 10.2. The SMILES string of the molecule is COc1ccc(SCC(=O)c2ccc(O)cc2)cc1. The molecule has 2 rings (SSSR count). The van der Waals surface area contributed by atoms with Gasteiger partial charge < -0.3 is 9.84 Å². The Hall–Kier alpha value is -1.94. The topological polar surface area (TPSA) is 46.5 Å². The van der Waals surface area contributed by atoms with E-state index >= 15 is 0 Å². The molecule has 0 aliphatic rings. The first-order valence-corrected chi connectivity index (χ1v) is 6.76. The molecule has 1 N–H and O–H groups in total. The third-order valence-corrected chi connectivity index (χ3v) is 3.63. The fourth-order valence-electron chi connectivity index (χ4n) is 1.55. The molecule has 0 heterocycles. The molecule has 0 saturated carbocycles. The molecule has 4 heteroatoms. The van der Waals surface area contributed by atoms with Gasteiger partial charge in [0.2, 0.25) is 0 Å². The molecule has 0 unspecified atom stereocenters. The Morgan fingerprint density at radius 1 is 1.11 bits per heavy atom. The molecule has 2 aromatic carbocycles. The van der Waals surface area contributed by atoms with E-state index in [9.17, 15) is 4.79 Å². The maximum atomic E-state index is 11.9. The van der Waals surface area contributed by atoms with Crippen molar-refractivity contribution in [3.05, 3.63) is 54.1 Å². The van der Waals surface area contributed by atoms with Gasteiger partial charge in [-0.1, -0.05) is 0 Å². The van der Waals surface area contributed by atoms with Gasteiger partial charge in [-0.3, -0.25) is 4.79 Å². The van der Waals surface area contributed by atoms with Gasteiger partial charge in [-0.05, 0) is 48.5 Å². The summed E-state index contributed by atoms with van der Waals surface area (Å²) >= 11 is 1.48. The number of ketones is 1. The largest absolute Gasteiger partial charge is 0.508 e. The third-order valence-electron chi connectivity index (χ3n) is 2.62. The first-order chi connectivity index (χ1) is 9.19. The number of hydrogen-bond acceptors (Lipinski definition) is 4. The minimum Gasteiger partial charge on any atom is -0.508 e. The molecule has 0 fully saturated rings. The van der Waals surface area contributed by atoms with Gasteiger partial charge in [0.1, 0.15) is 11.5 Å². The molecular weight excluding hydrogens is 260 g/mol. The Balaban J connectivity index is 1.94. The zero-order valence-corrected chi connectivity index (χ0v) is 11.3. The van der Waals surface area contributed by atoms with Crippen molar-refractivity contribution in [2.45, 2.75) is 4.90 Å². The van der Waals surface area contributed by atoms with E-state index in [2.05, 4.69) is 0 Å². The maximum Gasteiger partial charge on any atom is 0.173 e. The number of thioether (sulfide) groups is 1. The van der Waals surface area contributed by atoms with Crippen molar-refractivity contribution in [2.24, 2.45) is 0 Å². The number of ether oxygens (including phenoxy) is 1. The van der Waals surface area contributed by atoms with Crippen LogP contribution >= 0.6 is 11.8 Å². The van der Waals surface area contributed by atoms with Crippen molar-refractivity contribution in [3.8, 4) is 11.5 Å². The van der Waals surface area contributed by atoms with Crippen molar-refractivity contribution in [3.63, 3.8) is 0 Å². The van der Waals surface area contributed by atoms with Crippen LogP contribution in [0, 0.1) is 0 Å². The quantitative estimate of drug-likeness (QED) is 0.670. The Bertz CT molecular complexity index is 547. The molecule has 19 heavy (non-hydrogen) atoms. The Kier molecular flexibility index (Phi) is 4.47. The van der Waals surface area contributed by atoms with Crippen LogP contribution < -0.4 is 4.74 Å². The number of phenols is 1. The standard InChI is InChI=1S/C15H14O3S/c1-18-13-6-8-14(9-7-13)19-10-15(17)11-2-4-12(16)5-3-11/h2-9,16H,10H2,1H3. The molecule has 0 bridgehead atoms. The van der Waals surface area contributed by atoms with Crippen molar-refractivity contribution in [1.82, 2.24) is 0 Å². The molecule has 3 nitrogen and oxygen atoms in total. The van der Waals surface area contributed by atoms with Gasteiger partial charge in [0.05, 0.1) is 12.9 Å². The summed E-state index contributed by atoms with van der Waals surface area (Å²) in [7, 11) is 1.62. The molecule has 0 spiro atoms. The van der Waals surface area contributed by atoms with Crippen LogP contribution in [0.5, 0.6) is 11.5 Å². The van der Waals surface area contributed by atoms with E-state index in [1.165, 1.54) is 23.9 Å². The lowest BCUT2D eigenvalue weighted by Gasteiger charge is -2.03. The van der Waals surface area contributed by atoms with Crippen LogP contribution in [-0.2, 0) is 0 Å². The van der Waals surface area contributed by atoms with Gasteiger partial charge in [-0.2, -0.15) is 0 Å². The lowest BCUT2D eigenvalue weighted by molar-refractivity contribution is 0.102. The van der Waals surface area contributed by atoms with E-state index in [1.807, 2.05) is 24.3 Å². The van der Waals surface area contributed by atoms with Gasteiger partial charge in [-0.15, -0.1) is 11.8 Å². The summed E-state index contributed by atoms with van der Waals surface area (Å²) < 4.78 is 5.08. The second-order valence-corrected chi connectivity index (χ2v) is 4.98. The van der Waals surface area contributed by atoms with Gasteiger partial charge in [0.25, 0.3) is 0 Å². The van der Waals surface area contributed by atoms with Crippen LogP contribution in [-0.4, -0.2) is 23.8 Å². The van der Waals surface area contributed by atoms with Crippen LogP contribution in [0.3, 0.4) is 0 Å². The number of hydrogen-bond donors (Lipinski definition) is 1. The Morgan fingerprint density at radius 2 is 1.74 bits per heavy atom. The van der Waals surface area contributed by atoms with Crippen LogP contribution in [0.1, 0.15) is 10.4 Å². The predicted octanol–water partition coefficient (Wildman–Crippen LogP) is 3.38. The van der Waals surface area contributed by atoms with Crippen LogP contribution in [0.2, 0.25) is 0 Å². The molecule has 2 aromatic rings. The summed E-state index contributed by atoms with van der Waals surface area (Å²) in [6.45, 7) is 0. The average molecular weight is 274 g/mol. The fraction of sp³-hybridized carbons (Fsp3) is 0.133. The first kappa shape index (κ1) is 13.5. The van der Waals surface area contributed by atoms with E-state index < -0.39 is 0 Å². The van der Waals surface area contributed by atoms with Gasteiger partial charge in [-0.25, -0.2) is 0 Å². The second kappa shape index (κ2) is 6.29. The van der Waals surface area contributed by atoms with Gasteiger partial charge in [0, 0.05) is 10.5 Å². The highest BCUT2D eigenvalue weighted by molar-refractivity contribution is 8.00. The molecule has 0 atom stereocenters. The number of rotatable bonds is 5. The molecule has 0 amide bonds. The van der Waals surface area contributed by atoms with Crippen molar-refractivity contribution in [2.75, 3.05) is 12.9 Å². The molecule has 0 saturated heterocycles. The highest BCUT2D eigenvalue weighted by atomic mass is 32.2. The maximum absolute atomic E-state index is 11.9. The van der Waals surface area contributed by atoms with E-state index in [0.717, 1.165) is 10.6 Å². The number of carbonyl (C=O) groups is 1. The van der Waals surface area contributed by atoms with Crippen LogP contribution in [0.25, 0.3) is 0 Å². The van der Waals surface area contributed by atoms with Crippen molar-refractivity contribution >= 4 is 17.5 Å². The van der Waals surface area contributed by atoms with Gasteiger partial charge in [0.15, 0.2) is 5.78 Å². The van der Waals surface area contributed by atoms with Crippen LogP contribution in [0.15, 0.2) is 53.4 Å². The predicted molar refractivity (Wildman–Crippen MR) is 76.2 cm³/mol. The lowest BCUT2D eigenvalue weighted by atomic mass is 10.1. The summed E-state index contributed by atoms with van der Waals surface area (Å²) in [5.74, 6) is 1.38. The third kappa shape index (κ3) is 3.76. The summed E-state index contributed by atoms with van der Waals surface area (Å²) in [5.41, 5.74) is 0.610. The van der Waals surface area contributed by atoms with E-state index in [4.69, 9.17) is 9.84 Å². The number of methoxy groups -OCH3 is 1.